The lowest BCUT2D eigenvalue weighted by molar-refractivity contribution is -0.139. The predicted molar refractivity (Wildman–Crippen MR) is 106 cm³/mol. The van der Waals surface area contributed by atoms with Crippen LogP contribution in [-0.2, 0) is 14.3 Å². The first kappa shape index (κ1) is 19.4. The van der Waals surface area contributed by atoms with E-state index in [0.29, 0.717) is 37.7 Å². The molecule has 0 spiro atoms. The molecule has 0 saturated carbocycles. The lowest BCUT2D eigenvalue weighted by Crippen LogP contribution is -2.46. The van der Waals surface area contributed by atoms with Gasteiger partial charge in [0.05, 0.1) is 23.8 Å². The third-order valence-corrected chi connectivity index (χ3v) is 5.61. The summed E-state index contributed by atoms with van der Waals surface area (Å²) in [6, 6.07) is 9.74. The van der Waals surface area contributed by atoms with E-state index in [9.17, 15) is 18.8 Å². The first-order chi connectivity index (χ1) is 14.0. The van der Waals surface area contributed by atoms with Crippen LogP contribution in [0.15, 0.2) is 47.5 Å². The first-order valence-corrected chi connectivity index (χ1v) is 9.89. The maximum absolute atomic E-state index is 14.1. The molecule has 29 heavy (non-hydrogen) atoms. The molecular weight excluding hydrogens is 397 g/mol. The lowest BCUT2D eigenvalue weighted by Gasteiger charge is -2.28. The average Bonchev–Trinajstić information content (AvgIpc) is 3.29. The van der Waals surface area contributed by atoms with Crippen LogP contribution >= 0.6 is 11.8 Å². The zero-order valence-corrected chi connectivity index (χ0v) is 16.2. The van der Waals surface area contributed by atoms with Crippen LogP contribution in [0.2, 0.25) is 0 Å². The van der Waals surface area contributed by atoms with E-state index in [1.807, 2.05) is 0 Å². The molecule has 0 radical (unpaired) electrons. The van der Waals surface area contributed by atoms with E-state index in [4.69, 9.17) is 4.74 Å². The lowest BCUT2D eigenvalue weighted by atomic mass is 10.3. The number of nitrogens with zero attached hydrogens (tertiary/aromatic N) is 3. The van der Waals surface area contributed by atoms with Gasteiger partial charge in [-0.2, -0.15) is 0 Å². The molecule has 0 N–H and O–H groups in total. The van der Waals surface area contributed by atoms with Crippen LogP contribution in [0.5, 0.6) is 0 Å². The van der Waals surface area contributed by atoms with Crippen molar-refractivity contribution < 1.29 is 23.5 Å². The van der Waals surface area contributed by atoms with Gasteiger partial charge in [0.1, 0.15) is 12.4 Å². The molecular formula is C20H18FN3O4S. The molecule has 4 rings (SSSR count). The van der Waals surface area contributed by atoms with Crippen molar-refractivity contribution in [2.45, 2.75) is 0 Å². The highest BCUT2D eigenvalue weighted by molar-refractivity contribution is 8.18. The second kappa shape index (κ2) is 8.22. The van der Waals surface area contributed by atoms with Gasteiger partial charge in [-0.3, -0.25) is 19.3 Å². The Morgan fingerprint density at radius 3 is 2.66 bits per heavy atom. The molecule has 150 valence electrons. The number of halogens is 1. The quantitative estimate of drug-likeness (QED) is 0.718. The van der Waals surface area contributed by atoms with Gasteiger partial charge in [-0.25, -0.2) is 4.39 Å². The number of hydrogen-bond acceptors (Lipinski definition) is 5. The van der Waals surface area contributed by atoms with Crippen molar-refractivity contribution in [1.82, 2.24) is 14.4 Å². The molecule has 0 aliphatic carbocycles. The van der Waals surface area contributed by atoms with Crippen molar-refractivity contribution >= 4 is 34.9 Å². The molecule has 7 nitrogen and oxygen atoms in total. The molecule has 0 unspecified atom stereocenters. The topological polar surface area (TPSA) is 71.9 Å². The Balaban J connectivity index is 1.54. The summed E-state index contributed by atoms with van der Waals surface area (Å²) in [4.78, 5) is 40.2. The number of para-hydroxylation sites is 1. The maximum atomic E-state index is 14.1. The third-order valence-electron chi connectivity index (χ3n) is 4.70. The zero-order chi connectivity index (χ0) is 20.4. The number of rotatable bonds is 4. The van der Waals surface area contributed by atoms with E-state index in [1.54, 1.807) is 46.0 Å². The van der Waals surface area contributed by atoms with Gasteiger partial charge in [0.2, 0.25) is 5.91 Å². The summed E-state index contributed by atoms with van der Waals surface area (Å²) < 4.78 is 21.0. The summed E-state index contributed by atoms with van der Waals surface area (Å²) in [5, 5.41) is -0.494. The summed E-state index contributed by atoms with van der Waals surface area (Å²) in [6.07, 6.45) is 3.22. The number of aromatic nitrogens is 1. The van der Waals surface area contributed by atoms with Crippen molar-refractivity contribution in [2.75, 3.05) is 32.8 Å². The number of carbonyl (C=O) groups excluding carboxylic acids is 3. The summed E-state index contributed by atoms with van der Waals surface area (Å²) in [5.74, 6) is -1.21. The van der Waals surface area contributed by atoms with Crippen LogP contribution in [0.3, 0.4) is 0 Å². The molecule has 2 saturated heterocycles. The van der Waals surface area contributed by atoms with E-state index < -0.39 is 17.0 Å². The van der Waals surface area contributed by atoms with Gasteiger partial charge in [-0.15, -0.1) is 0 Å². The van der Waals surface area contributed by atoms with Crippen molar-refractivity contribution in [1.29, 1.82) is 0 Å². The van der Waals surface area contributed by atoms with Gasteiger partial charge in [0, 0.05) is 25.0 Å². The molecule has 1 aromatic heterocycles. The van der Waals surface area contributed by atoms with Crippen molar-refractivity contribution in [2.24, 2.45) is 0 Å². The van der Waals surface area contributed by atoms with Crippen molar-refractivity contribution in [3.8, 4) is 5.69 Å². The monoisotopic (exact) mass is 415 g/mol. The Labute approximate surface area is 170 Å². The standard InChI is InChI=1S/C20H18FN3O4S/c21-15-5-1-2-6-16(15)23-7-3-4-14(23)12-17-19(26)24(20(27)29-17)13-18(25)22-8-10-28-11-9-22/h1-7,12H,8-11,13H2/b17-12-. The predicted octanol–water partition coefficient (Wildman–Crippen LogP) is 2.51. The molecule has 3 amide bonds. The second-order valence-electron chi connectivity index (χ2n) is 6.52. The van der Waals surface area contributed by atoms with Gasteiger partial charge in [-0.05, 0) is 42.1 Å². The molecule has 9 heteroatoms. The second-order valence-corrected chi connectivity index (χ2v) is 7.51. The summed E-state index contributed by atoms with van der Waals surface area (Å²) in [5.41, 5.74) is 0.894. The number of carbonyl (C=O) groups is 3. The Bertz CT molecular complexity index is 997. The fourth-order valence-corrected chi connectivity index (χ4v) is 4.02. The Morgan fingerprint density at radius 1 is 1.14 bits per heavy atom. The molecule has 2 aromatic rings. The van der Waals surface area contributed by atoms with Crippen LogP contribution in [0.25, 0.3) is 11.8 Å². The Morgan fingerprint density at radius 2 is 1.90 bits per heavy atom. The van der Waals surface area contributed by atoms with E-state index >= 15 is 0 Å². The highest BCUT2D eigenvalue weighted by Gasteiger charge is 2.37. The van der Waals surface area contributed by atoms with Crippen LogP contribution in [-0.4, -0.2) is 64.3 Å². The third kappa shape index (κ3) is 3.96. The number of benzene rings is 1. The molecule has 0 atom stereocenters. The maximum Gasteiger partial charge on any atom is 0.294 e. The molecule has 2 aliphatic heterocycles. The normalized spacial score (nSPS) is 18.7. The zero-order valence-electron chi connectivity index (χ0n) is 15.4. The molecule has 3 heterocycles. The summed E-state index contributed by atoms with van der Waals surface area (Å²) >= 11 is 0.773. The summed E-state index contributed by atoms with van der Waals surface area (Å²) in [7, 11) is 0. The van der Waals surface area contributed by atoms with Crippen LogP contribution < -0.4 is 0 Å². The largest absolute Gasteiger partial charge is 0.378 e. The van der Waals surface area contributed by atoms with E-state index in [0.717, 1.165) is 16.7 Å². The minimum atomic E-state index is -0.525. The average molecular weight is 415 g/mol. The van der Waals surface area contributed by atoms with Crippen molar-refractivity contribution in [3.63, 3.8) is 0 Å². The number of morpholine rings is 1. The summed E-state index contributed by atoms with van der Waals surface area (Å²) in [6.45, 7) is 1.49. The number of hydrogen-bond donors (Lipinski definition) is 0. The fourth-order valence-electron chi connectivity index (χ4n) is 3.20. The molecule has 2 fully saturated rings. The van der Waals surface area contributed by atoms with Crippen molar-refractivity contribution in [3.05, 3.63) is 59.0 Å². The number of ether oxygens (including phenoxy) is 1. The van der Waals surface area contributed by atoms with Gasteiger partial charge in [-0.1, -0.05) is 12.1 Å². The van der Waals surface area contributed by atoms with Gasteiger partial charge in [0.15, 0.2) is 0 Å². The number of thioether (sulfide) groups is 1. The first-order valence-electron chi connectivity index (χ1n) is 9.08. The fraction of sp³-hybridized carbons (Fsp3) is 0.250. The van der Waals surface area contributed by atoms with Gasteiger partial charge >= 0.3 is 0 Å². The van der Waals surface area contributed by atoms with Crippen LogP contribution in [0.4, 0.5) is 9.18 Å². The number of imide groups is 1. The highest BCUT2D eigenvalue weighted by Crippen LogP contribution is 2.32. The van der Waals surface area contributed by atoms with E-state index in [-0.39, 0.29) is 17.4 Å². The molecule has 0 bridgehead atoms. The van der Waals surface area contributed by atoms with E-state index in [1.165, 1.54) is 12.1 Å². The smallest absolute Gasteiger partial charge is 0.294 e. The van der Waals surface area contributed by atoms with Gasteiger partial charge in [0.25, 0.3) is 11.1 Å². The minimum absolute atomic E-state index is 0.195. The minimum Gasteiger partial charge on any atom is -0.378 e. The van der Waals surface area contributed by atoms with Gasteiger partial charge < -0.3 is 14.2 Å². The number of amides is 3. The van der Waals surface area contributed by atoms with E-state index in [2.05, 4.69) is 0 Å². The van der Waals surface area contributed by atoms with Crippen LogP contribution in [0.1, 0.15) is 5.69 Å². The highest BCUT2D eigenvalue weighted by atomic mass is 32.2. The molecule has 1 aromatic carbocycles. The molecule has 2 aliphatic rings. The Kier molecular flexibility index (Phi) is 5.50. The Hall–Kier alpha value is -2.91. The SMILES string of the molecule is O=C(CN1C(=O)S/C(=C\c2cccn2-c2ccccc2F)C1=O)N1CCOCC1. The van der Waals surface area contributed by atoms with Crippen LogP contribution in [0, 0.1) is 5.82 Å².